The number of methoxy groups -OCH3 is 1. The van der Waals surface area contributed by atoms with Crippen molar-refractivity contribution in [1.29, 1.82) is 0 Å². The van der Waals surface area contributed by atoms with Crippen LogP contribution in [0.4, 0.5) is 0 Å². The van der Waals surface area contributed by atoms with Gasteiger partial charge in [-0.1, -0.05) is 18.2 Å². The highest BCUT2D eigenvalue weighted by atomic mass is 32.1. The lowest BCUT2D eigenvalue weighted by atomic mass is 10.1. The second kappa shape index (κ2) is 7.62. The summed E-state index contributed by atoms with van der Waals surface area (Å²) < 4.78 is 5.28. The van der Waals surface area contributed by atoms with Crippen LogP contribution in [0.5, 0.6) is 5.75 Å². The molecule has 0 saturated carbocycles. The third-order valence-corrected chi connectivity index (χ3v) is 5.23. The van der Waals surface area contributed by atoms with Crippen molar-refractivity contribution in [2.45, 2.75) is 18.9 Å². The first-order valence-electron chi connectivity index (χ1n) is 7.98. The summed E-state index contributed by atoms with van der Waals surface area (Å²) in [6.45, 7) is 2.83. The van der Waals surface area contributed by atoms with Gasteiger partial charge in [0.1, 0.15) is 5.75 Å². The van der Waals surface area contributed by atoms with Crippen LogP contribution in [0, 0.1) is 0 Å². The van der Waals surface area contributed by atoms with Gasteiger partial charge in [-0.3, -0.25) is 9.69 Å². The Labute approximate surface area is 141 Å². The molecule has 0 spiro atoms. The minimum atomic E-state index is -0.0804. The number of ether oxygens (including phenoxy) is 1. The van der Waals surface area contributed by atoms with Crippen molar-refractivity contribution in [2.75, 3.05) is 26.7 Å². The molecule has 1 fully saturated rings. The number of thiophene rings is 1. The summed E-state index contributed by atoms with van der Waals surface area (Å²) in [6.07, 6.45) is 2.48. The van der Waals surface area contributed by atoms with Crippen LogP contribution in [-0.4, -0.2) is 37.6 Å². The van der Waals surface area contributed by atoms with Crippen LogP contribution in [-0.2, 0) is 0 Å². The lowest BCUT2D eigenvalue weighted by Crippen LogP contribution is -2.36. The number of nitrogens with one attached hydrogen (secondary N) is 1. The first-order chi connectivity index (χ1) is 11.3. The second-order valence-electron chi connectivity index (χ2n) is 5.68. The molecular formula is C18H22N2O2S. The molecule has 122 valence electrons. The predicted octanol–water partition coefficient (Wildman–Crippen LogP) is 3.32. The van der Waals surface area contributed by atoms with Crippen LogP contribution in [0.25, 0.3) is 0 Å². The van der Waals surface area contributed by atoms with E-state index in [1.54, 1.807) is 24.5 Å². The number of hydrogen-bond donors (Lipinski definition) is 1. The molecule has 1 N–H and O–H groups in total. The molecule has 1 aromatic heterocycles. The third kappa shape index (κ3) is 3.74. The van der Waals surface area contributed by atoms with Crippen LogP contribution in [0.15, 0.2) is 41.8 Å². The minimum absolute atomic E-state index is 0.0804. The monoisotopic (exact) mass is 330 g/mol. The smallest absolute Gasteiger partial charge is 0.255 e. The number of hydrogen-bond acceptors (Lipinski definition) is 4. The van der Waals surface area contributed by atoms with Crippen LogP contribution in [0.2, 0.25) is 0 Å². The number of benzene rings is 1. The van der Waals surface area contributed by atoms with Gasteiger partial charge >= 0.3 is 0 Å². The van der Waals surface area contributed by atoms with Gasteiger partial charge in [0, 0.05) is 11.4 Å². The molecule has 0 aliphatic carbocycles. The summed E-state index contributed by atoms with van der Waals surface area (Å²) in [5.41, 5.74) is 0.585. The second-order valence-corrected chi connectivity index (χ2v) is 6.66. The predicted molar refractivity (Wildman–Crippen MR) is 93.2 cm³/mol. The van der Waals surface area contributed by atoms with Gasteiger partial charge in [-0.05, 0) is 49.5 Å². The van der Waals surface area contributed by atoms with Crippen LogP contribution in [0.3, 0.4) is 0 Å². The highest BCUT2D eigenvalue weighted by molar-refractivity contribution is 7.10. The highest BCUT2D eigenvalue weighted by Crippen LogP contribution is 2.28. The average Bonchev–Trinajstić information content (AvgIpc) is 3.29. The summed E-state index contributed by atoms with van der Waals surface area (Å²) in [5.74, 6) is 0.530. The van der Waals surface area contributed by atoms with E-state index in [1.807, 2.05) is 18.2 Å². The number of likely N-dealkylation sites (tertiary alicyclic amines) is 1. The number of amides is 1. The van der Waals surface area contributed by atoms with E-state index in [4.69, 9.17) is 4.74 Å². The van der Waals surface area contributed by atoms with E-state index in [-0.39, 0.29) is 11.9 Å². The lowest BCUT2D eigenvalue weighted by molar-refractivity contribution is 0.0935. The summed E-state index contributed by atoms with van der Waals surface area (Å²) in [6, 6.07) is 11.8. The van der Waals surface area contributed by atoms with Crippen molar-refractivity contribution < 1.29 is 9.53 Å². The number of para-hydroxylation sites is 1. The quantitative estimate of drug-likeness (QED) is 0.883. The Morgan fingerprint density at radius 2 is 2.04 bits per heavy atom. The van der Waals surface area contributed by atoms with E-state index in [0.717, 1.165) is 13.1 Å². The van der Waals surface area contributed by atoms with E-state index in [9.17, 15) is 4.79 Å². The number of carbonyl (C=O) groups excluding carboxylic acids is 1. The number of carbonyl (C=O) groups is 1. The maximum atomic E-state index is 12.5. The Bertz CT molecular complexity index is 636. The standard InChI is InChI=1S/C18H22N2O2S/c1-22-16-8-3-2-7-14(16)18(21)19-13-15(17-9-6-12-23-17)20-10-4-5-11-20/h2-3,6-9,12,15H,4-5,10-11,13H2,1H3,(H,19,21). The Morgan fingerprint density at radius 3 is 2.74 bits per heavy atom. The zero-order valence-electron chi connectivity index (χ0n) is 13.3. The first-order valence-corrected chi connectivity index (χ1v) is 8.86. The zero-order chi connectivity index (χ0) is 16.1. The van der Waals surface area contributed by atoms with Crippen LogP contribution in [0.1, 0.15) is 34.1 Å². The molecule has 1 atom stereocenters. The molecule has 2 aromatic rings. The molecule has 1 unspecified atom stereocenters. The molecule has 0 radical (unpaired) electrons. The fraction of sp³-hybridized carbons (Fsp3) is 0.389. The normalized spacial score (nSPS) is 16.2. The van der Waals surface area contributed by atoms with E-state index in [0.29, 0.717) is 17.9 Å². The Morgan fingerprint density at radius 1 is 1.26 bits per heavy atom. The fourth-order valence-electron chi connectivity index (χ4n) is 3.06. The molecule has 2 heterocycles. The first kappa shape index (κ1) is 16.0. The summed E-state index contributed by atoms with van der Waals surface area (Å²) >= 11 is 1.76. The van der Waals surface area contributed by atoms with Crippen LogP contribution < -0.4 is 10.1 Å². The van der Waals surface area contributed by atoms with Gasteiger partial charge in [-0.25, -0.2) is 0 Å². The summed E-state index contributed by atoms with van der Waals surface area (Å²) in [5, 5.41) is 5.18. The Kier molecular flexibility index (Phi) is 5.31. The molecule has 5 heteroatoms. The highest BCUT2D eigenvalue weighted by Gasteiger charge is 2.25. The molecular weight excluding hydrogens is 308 g/mol. The van der Waals surface area contributed by atoms with Gasteiger partial charge < -0.3 is 10.1 Å². The topological polar surface area (TPSA) is 41.6 Å². The number of rotatable bonds is 6. The van der Waals surface area contributed by atoms with Crippen LogP contribution >= 0.6 is 11.3 Å². The lowest BCUT2D eigenvalue weighted by Gasteiger charge is -2.27. The van der Waals surface area contributed by atoms with Gasteiger partial charge in [-0.2, -0.15) is 0 Å². The summed E-state index contributed by atoms with van der Waals surface area (Å²) in [4.78, 5) is 16.3. The molecule has 0 bridgehead atoms. The maximum Gasteiger partial charge on any atom is 0.255 e. The third-order valence-electron chi connectivity index (χ3n) is 4.26. The van der Waals surface area contributed by atoms with Gasteiger partial charge in [0.25, 0.3) is 5.91 Å². The molecule has 23 heavy (non-hydrogen) atoms. The molecule has 1 amide bonds. The zero-order valence-corrected chi connectivity index (χ0v) is 14.1. The van der Waals surface area contributed by atoms with E-state index in [1.165, 1.54) is 17.7 Å². The molecule has 1 aliphatic heterocycles. The van der Waals surface area contributed by atoms with Crippen molar-refractivity contribution in [2.24, 2.45) is 0 Å². The Balaban J connectivity index is 1.70. The van der Waals surface area contributed by atoms with Gasteiger partial charge in [-0.15, -0.1) is 11.3 Å². The van der Waals surface area contributed by atoms with Crippen molar-refractivity contribution in [3.05, 3.63) is 52.2 Å². The molecule has 1 aliphatic rings. The maximum absolute atomic E-state index is 12.5. The minimum Gasteiger partial charge on any atom is -0.496 e. The van der Waals surface area contributed by atoms with E-state index < -0.39 is 0 Å². The molecule has 1 saturated heterocycles. The van der Waals surface area contributed by atoms with Gasteiger partial charge in [0.15, 0.2) is 0 Å². The Hall–Kier alpha value is -1.85. The van der Waals surface area contributed by atoms with Crippen molar-refractivity contribution >= 4 is 17.2 Å². The molecule has 4 nitrogen and oxygen atoms in total. The molecule has 3 rings (SSSR count). The van der Waals surface area contributed by atoms with E-state index in [2.05, 4.69) is 27.7 Å². The fourth-order valence-corrected chi connectivity index (χ4v) is 3.92. The van der Waals surface area contributed by atoms with Gasteiger partial charge in [0.05, 0.1) is 18.7 Å². The largest absolute Gasteiger partial charge is 0.496 e. The van der Waals surface area contributed by atoms with E-state index >= 15 is 0 Å². The van der Waals surface area contributed by atoms with Gasteiger partial charge in [0.2, 0.25) is 0 Å². The molecule has 1 aromatic carbocycles. The average molecular weight is 330 g/mol. The number of nitrogens with zero attached hydrogens (tertiary/aromatic N) is 1. The SMILES string of the molecule is COc1ccccc1C(=O)NCC(c1cccs1)N1CCCC1. The summed E-state index contributed by atoms with van der Waals surface area (Å²) in [7, 11) is 1.59. The van der Waals surface area contributed by atoms with Crippen molar-refractivity contribution in [1.82, 2.24) is 10.2 Å². The van der Waals surface area contributed by atoms with Crippen molar-refractivity contribution in [3.63, 3.8) is 0 Å². The van der Waals surface area contributed by atoms with Crippen molar-refractivity contribution in [3.8, 4) is 5.75 Å².